The third-order valence-electron chi connectivity index (χ3n) is 4.82. The minimum Gasteiger partial charge on any atom is -0.379 e. The molecule has 2 fully saturated rings. The average molecular weight is 421 g/mol. The van der Waals surface area contributed by atoms with Crippen molar-refractivity contribution in [1.82, 2.24) is 13.5 Å². The maximum atomic E-state index is 12.8. The van der Waals surface area contributed by atoms with Gasteiger partial charge in [-0.1, -0.05) is 18.2 Å². The highest BCUT2D eigenvalue weighted by Crippen LogP contribution is 2.29. The first kappa shape index (κ1) is 21.0. The molecular formula is C17H22F3N3O4S. The van der Waals surface area contributed by atoms with Crippen molar-refractivity contribution in [1.29, 1.82) is 0 Å². The molecule has 0 radical (unpaired) electrons. The fourth-order valence-electron chi connectivity index (χ4n) is 3.25. The van der Waals surface area contributed by atoms with E-state index in [0.717, 1.165) is 12.1 Å². The molecule has 0 saturated carbocycles. The van der Waals surface area contributed by atoms with Crippen molar-refractivity contribution in [3.05, 3.63) is 35.4 Å². The second-order valence-electron chi connectivity index (χ2n) is 6.67. The number of nitrogens with zero attached hydrogens (tertiary/aromatic N) is 3. The van der Waals surface area contributed by atoms with Crippen LogP contribution < -0.4 is 0 Å². The van der Waals surface area contributed by atoms with Crippen molar-refractivity contribution in [2.24, 2.45) is 0 Å². The molecule has 2 aliphatic rings. The smallest absolute Gasteiger partial charge is 0.379 e. The first-order valence-electron chi connectivity index (χ1n) is 8.95. The van der Waals surface area contributed by atoms with Crippen LogP contribution in [0, 0.1) is 0 Å². The summed E-state index contributed by atoms with van der Waals surface area (Å²) in [6.45, 7) is 2.06. The summed E-state index contributed by atoms with van der Waals surface area (Å²) in [5, 5.41) is 0. The maximum Gasteiger partial charge on any atom is 0.416 e. The topological polar surface area (TPSA) is 70.2 Å². The van der Waals surface area contributed by atoms with Gasteiger partial charge in [0.15, 0.2) is 0 Å². The van der Waals surface area contributed by atoms with Crippen LogP contribution in [-0.4, -0.2) is 80.3 Å². The minimum atomic E-state index is -4.46. The van der Waals surface area contributed by atoms with Crippen LogP contribution in [0.2, 0.25) is 0 Å². The molecule has 1 aromatic carbocycles. The van der Waals surface area contributed by atoms with E-state index in [-0.39, 0.29) is 44.1 Å². The van der Waals surface area contributed by atoms with Crippen molar-refractivity contribution in [2.45, 2.75) is 12.6 Å². The molecule has 156 valence electrons. The molecule has 28 heavy (non-hydrogen) atoms. The lowest BCUT2D eigenvalue weighted by Crippen LogP contribution is -2.56. The first-order valence-corrected chi connectivity index (χ1v) is 10.3. The monoisotopic (exact) mass is 421 g/mol. The van der Waals surface area contributed by atoms with Gasteiger partial charge < -0.3 is 9.64 Å². The lowest BCUT2D eigenvalue weighted by Gasteiger charge is -2.37. The van der Waals surface area contributed by atoms with Gasteiger partial charge in [0.05, 0.1) is 25.2 Å². The van der Waals surface area contributed by atoms with Gasteiger partial charge in [-0.3, -0.25) is 4.79 Å². The highest BCUT2D eigenvalue weighted by Gasteiger charge is 2.34. The number of amides is 1. The van der Waals surface area contributed by atoms with Gasteiger partial charge in [-0.2, -0.15) is 30.2 Å². The zero-order valence-electron chi connectivity index (χ0n) is 15.2. The Bertz CT molecular complexity index is 802. The molecule has 7 nitrogen and oxygen atoms in total. The highest BCUT2D eigenvalue weighted by atomic mass is 32.2. The van der Waals surface area contributed by atoms with Crippen LogP contribution in [0.5, 0.6) is 0 Å². The van der Waals surface area contributed by atoms with Crippen LogP contribution in [0.1, 0.15) is 11.1 Å². The molecule has 2 saturated heterocycles. The van der Waals surface area contributed by atoms with Gasteiger partial charge >= 0.3 is 6.18 Å². The van der Waals surface area contributed by atoms with Gasteiger partial charge in [-0.05, 0) is 11.6 Å². The van der Waals surface area contributed by atoms with Crippen molar-refractivity contribution in [2.75, 3.05) is 52.5 Å². The summed E-state index contributed by atoms with van der Waals surface area (Å²) in [6.07, 6.45) is -4.61. The lowest BCUT2D eigenvalue weighted by molar-refractivity contribution is -0.138. The Balaban J connectivity index is 1.57. The molecule has 0 atom stereocenters. The molecule has 2 aliphatic heterocycles. The Labute approximate surface area is 161 Å². The number of benzene rings is 1. The van der Waals surface area contributed by atoms with Crippen LogP contribution in [0.3, 0.4) is 0 Å². The Hall–Kier alpha value is -1.69. The number of rotatable bonds is 4. The minimum absolute atomic E-state index is 0.153. The molecule has 0 unspecified atom stereocenters. The van der Waals surface area contributed by atoms with E-state index >= 15 is 0 Å². The summed E-state index contributed by atoms with van der Waals surface area (Å²) in [7, 11) is -3.59. The maximum absolute atomic E-state index is 12.8. The number of piperazine rings is 1. The van der Waals surface area contributed by atoms with E-state index < -0.39 is 21.9 Å². The van der Waals surface area contributed by atoms with Gasteiger partial charge in [0, 0.05) is 39.3 Å². The Morgan fingerprint density at radius 1 is 1.00 bits per heavy atom. The molecule has 0 aromatic heterocycles. The second-order valence-corrected chi connectivity index (χ2v) is 8.60. The number of carbonyl (C=O) groups is 1. The summed E-state index contributed by atoms with van der Waals surface area (Å²) in [5.74, 6) is -0.317. The standard InChI is InChI=1S/C17H22F3N3O4S/c18-17(19,20)15-3-1-2-14(12-15)13-16(24)21-4-6-22(7-5-21)28(25,26)23-8-10-27-11-9-23/h1-3,12H,4-11,13H2. The van der Waals surface area contributed by atoms with Gasteiger partial charge in [0.25, 0.3) is 10.2 Å². The van der Waals surface area contributed by atoms with E-state index in [9.17, 15) is 26.4 Å². The molecule has 1 aromatic rings. The molecule has 0 bridgehead atoms. The number of hydrogen-bond donors (Lipinski definition) is 0. The quantitative estimate of drug-likeness (QED) is 0.727. The number of alkyl halides is 3. The van der Waals surface area contributed by atoms with E-state index in [2.05, 4.69) is 0 Å². The fraction of sp³-hybridized carbons (Fsp3) is 0.588. The molecule has 1 amide bonds. The molecule has 0 N–H and O–H groups in total. The van der Waals surface area contributed by atoms with Gasteiger partial charge in [-0.15, -0.1) is 0 Å². The molecule has 0 spiro atoms. The van der Waals surface area contributed by atoms with Gasteiger partial charge in [0.2, 0.25) is 5.91 Å². The third kappa shape index (κ3) is 4.83. The second kappa shape index (κ2) is 8.36. The summed E-state index contributed by atoms with van der Waals surface area (Å²) in [6, 6.07) is 4.69. The number of hydrogen-bond acceptors (Lipinski definition) is 4. The van der Waals surface area contributed by atoms with Crippen LogP contribution in [0.25, 0.3) is 0 Å². The average Bonchev–Trinajstić information content (AvgIpc) is 2.68. The van der Waals surface area contributed by atoms with Crippen LogP contribution in [0.15, 0.2) is 24.3 Å². The summed E-state index contributed by atoms with van der Waals surface area (Å²) in [4.78, 5) is 13.9. The number of morpholine rings is 1. The lowest BCUT2D eigenvalue weighted by atomic mass is 10.1. The fourth-order valence-corrected chi connectivity index (χ4v) is 4.81. The summed E-state index contributed by atoms with van der Waals surface area (Å²) < 4.78 is 71.5. The van der Waals surface area contributed by atoms with Crippen molar-refractivity contribution < 1.29 is 31.1 Å². The third-order valence-corrected chi connectivity index (χ3v) is 6.86. The molecule has 3 rings (SSSR count). The van der Waals surface area contributed by atoms with Crippen molar-refractivity contribution in [3.63, 3.8) is 0 Å². The Morgan fingerprint density at radius 2 is 1.61 bits per heavy atom. The Morgan fingerprint density at radius 3 is 2.21 bits per heavy atom. The van der Waals surface area contributed by atoms with E-state index in [0.29, 0.717) is 26.3 Å². The van der Waals surface area contributed by atoms with Crippen molar-refractivity contribution >= 4 is 16.1 Å². The van der Waals surface area contributed by atoms with Gasteiger partial charge in [0.1, 0.15) is 0 Å². The largest absolute Gasteiger partial charge is 0.416 e. The van der Waals surface area contributed by atoms with Crippen LogP contribution >= 0.6 is 0 Å². The molecular weight excluding hydrogens is 399 g/mol. The van der Waals surface area contributed by atoms with Gasteiger partial charge in [-0.25, -0.2) is 0 Å². The zero-order valence-corrected chi connectivity index (χ0v) is 16.0. The van der Waals surface area contributed by atoms with Crippen LogP contribution in [-0.2, 0) is 32.3 Å². The molecule has 11 heteroatoms. The predicted molar refractivity (Wildman–Crippen MR) is 94.6 cm³/mol. The molecule has 2 heterocycles. The van der Waals surface area contributed by atoms with E-state index in [1.165, 1.54) is 25.6 Å². The van der Waals surface area contributed by atoms with Crippen molar-refractivity contribution in [3.8, 4) is 0 Å². The number of ether oxygens (including phenoxy) is 1. The number of carbonyl (C=O) groups excluding carboxylic acids is 1. The Kier molecular flexibility index (Phi) is 6.28. The summed E-state index contributed by atoms with van der Waals surface area (Å²) >= 11 is 0. The van der Waals surface area contributed by atoms with E-state index in [1.54, 1.807) is 0 Å². The van der Waals surface area contributed by atoms with Crippen LogP contribution in [0.4, 0.5) is 13.2 Å². The van der Waals surface area contributed by atoms with E-state index in [1.807, 2.05) is 0 Å². The highest BCUT2D eigenvalue weighted by molar-refractivity contribution is 7.86. The predicted octanol–water partition coefficient (Wildman–Crippen LogP) is 0.969. The van der Waals surface area contributed by atoms with E-state index in [4.69, 9.17) is 4.74 Å². The molecule has 0 aliphatic carbocycles. The SMILES string of the molecule is O=C(Cc1cccc(C(F)(F)F)c1)N1CCN(S(=O)(=O)N2CCOCC2)CC1. The summed E-state index contributed by atoms with van der Waals surface area (Å²) in [5.41, 5.74) is -0.512. The normalized spacial score (nSPS) is 20.3. The first-order chi connectivity index (χ1) is 13.2. The zero-order chi connectivity index (χ0) is 20.4. The number of halogens is 3.